The molecule has 0 saturated carbocycles. The first kappa shape index (κ1) is 14.9. The van der Waals surface area contributed by atoms with E-state index in [-0.39, 0.29) is 12.0 Å². The molecule has 1 heterocycles. The summed E-state index contributed by atoms with van der Waals surface area (Å²) < 4.78 is 0. The van der Waals surface area contributed by atoms with Crippen molar-refractivity contribution >= 4 is 5.82 Å². The summed E-state index contributed by atoms with van der Waals surface area (Å²) in [5.74, 6) is 1.65. The SMILES string of the molecule is CCc1cc(NCC(CC)(CC)CO)nc(C)n1. The van der Waals surface area contributed by atoms with Gasteiger partial charge < -0.3 is 10.4 Å². The minimum Gasteiger partial charge on any atom is -0.396 e. The Morgan fingerprint density at radius 1 is 1.22 bits per heavy atom. The van der Waals surface area contributed by atoms with Crippen LogP contribution >= 0.6 is 0 Å². The molecule has 1 aromatic heterocycles. The minimum absolute atomic E-state index is 0.0504. The number of aliphatic hydroxyl groups excluding tert-OH is 1. The third-order valence-electron chi connectivity index (χ3n) is 3.73. The molecule has 0 aliphatic carbocycles. The van der Waals surface area contributed by atoms with Crippen molar-refractivity contribution in [2.75, 3.05) is 18.5 Å². The number of nitrogens with one attached hydrogen (secondary N) is 1. The normalized spacial score (nSPS) is 11.6. The van der Waals surface area contributed by atoms with Crippen LogP contribution in [-0.4, -0.2) is 28.2 Å². The monoisotopic (exact) mass is 251 g/mol. The van der Waals surface area contributed by atoms with Crippen molar-refractivity contribution < 1.29 is 5.11 Å². The van der Waals surface area contributed by atoms with Gasteiger partial charge in [0.25, 0.3) is 0 Å². The molecule has 1 aromatic rings. The topological polar surface area (TPSA) is 58.0 Å². The van der Waals surface area contributed by atoms with Crippen LogP contribution in [0.15, 0.2) is 6.07 Å². The Balaban J connectivity index is 2.76. The van der Waals surface area contributed by atoms with E-state index >= 15 is 0 Å². The average molecular weight is 251 g/mol. The number of aliphatic hydroxyl groups is 1. The summed E-state index contributed by atoms with van der Waals surface area (Å²) in [6, 6.07) is 1.99. The van der Waals surface area contributed by atoms with Gasteiger partial charge in [0.2, 0.25) is 0 Å². The number of rotatable bonds is 7. The third-order valence-corrected chi connectivity index (χ3v) is 3.73. The highest BCUT2D eigenvalue weighted by molar-refractivity contribution is 5.36. The highest BCUT2D eigenvalue weighted by atomic mass is 16.3. The molecule has 0 amide bonds. The largest absolute Gasteiger partial charge is 0.396 e. The number of aryl methyl sites for hydroxylation is 2. The fraction of sp³-hybridized carbons (Fsp3) is 0.714. The number of aromatic nitrogens is 2. The summed E-state index contributed by atoms with van der Waals surface area (Å²) >= 11 is 0. The van der Waals surface area contributed by atoms with Gasteiger partial charge in [-0.15, -0.1) is 0 Å². The Kier molecular flexibility index (Phi) is 5.54. The average Bonchev–Trinajstić information content (AvgIpc) is 2.40. The predicted octanol–water partition coefficient (Wildman–Crippen LogP) is 2.56. The van der Waals surface area contributed by atoms with Crippen molar-refractivity contribution in [1.82, 2.24) is 9.97 Å². The molecule has 0 atom stereocenters. The van der Waals surface area contributed by atoms with Gasteiger partial charge in [0.05, 0.1) is 6.61 Å². The Morgan fingerprint density at radius 3 is 2.39 bits per heavy atom. The summed E-state index contributed by atoms with van der Waals surface area (Å²) in [4.78, 5) is 8.74. The molecule has 0 fully saturated rings. The van der Waals surface area contributed by atoms with Crippen molar-refractivity contribution in [3.8, 4) is 0 Å². The Bertz CT molecular complexity index is 367. The van der Waals surface area contributed by atoms with E-state index in [1.807, 2.05) is 13.0 Å². The smallest absolute Gasteiger partial charge is 0.129 e. The Hall–Kier alpha value is -1.16. The van der Waals surface area contributed by atoms with E-state index in [0.717, 1.165) is 43.1 Å². The van der Waals surface area contributed by atoms with Crippen LogP contribution < -0.4 is 5.32 Å². The van der Waals surface area contributed by atoms with Crippen LogP contribution in [0, 0.1) is 12.3 Å². The molecule has 0 aliphatic heterocycles. The van der Waals surface area contributed by atoms with Gasteiger partial charge >= 0.3 is 0 Å². The van der Waals surface area contributed by atoms with Gasteiger partial charge in [0.1, 0.15) is 11.6 Å². The number of nitrogens with zero attached hydrogens (tertiary/aromatic N) is 2. The molecule has 0 saturated heterocycles. The van der Waals surface area contributed by atoms with Crippen molar-refractivity contribution in [2.45, 2.75) is 47.0 Å². The molecule has 0 spiro atoms. The van der Waals surface area contributed by atoms with E-state index in [2.05, 4.69) is 36.1 Å². The van der Waals surface area contributed by atoms with Crippen LogP contribution in [0.1, 0.15) is 45.1 Å². The minimum atomic E-state index is -0.0504. The molecule has 18 heavy (non-hydrogen) atoms. The van der Waals surface area contributed by atoms with Gasteiger partial charge in [-0.2, -0.15) is 0 Å². The lowest BCUT2D eigenvalue weighted by molar-refractivity contribution is 0.127. The summed E-state index contributed by atoms with van der Waals surface area (Å²) in [5, 5.41) is 12.9. The number of hydrogen-bond donors (Lipinski definition) is 2. The fourth-order valence-electron chi connectivity index (χ4n) is 1.96. The van der Waals surface area contributed by atoms with Gasteiger partial charge in [0.15, 0.2) is 0 Å². The number of anilines is 1. The fourth-order valence-corrected chi connectivity index (χ4v) is 1.96. The van der Waals surface area contributed by atoms with E-state index in [9.17, 15) is 5.11 Å². The van der Waals surface area contributed by atoms with E-state index < -0.39 is 0 Å². The van der Waals surface area contributed by atoms with Crippen molar-refractivity contribution in [3.63, 3.8) is 0 Å². The summed E-state index contributed by atoms with van der Waals surface area (Å²) in [6.07, 6.45) is 2.82. The lowest BCUT2D eigenvalue weighted by Crippen LogP contribution is -2.32. The maximum atomic E-state index is 9.54. The second kappa shape index (κ2) is 6.69. The van der Waals surface area contributed by atoms with Crippen LogP contribution in [0.4, 0.5) is 5.82 Å². The van der Waals surface area contributed by atoms with E-state index in [1.54, 1.807) is 0 Å². The zero-order valence-corrected chi connectivity index (χ0v) is 12.0. The van der Waals surface area contributed by atoms with Crippen LogP contribution in [0.3, 0.4) is 0 Å². The highest BCUT2D eigenvalue weighted by Crippen LogP contribution is 2.25. The molecule has 2 N–H and O–H groups in total. The summed E-state index contributed by atoms with van der Waals surface area (Å²) in [6.45, 7) is 9.17. The van der Waals surface area contributed by atoms with Crippen molar-refractivity contribution in [3.05, 3.63) is 17.6 Å². The van der Waals surface area contributed by atoms with E-state index in [1.165, 1.54) is 0 Å². The molecule has 4 nitrogen and oxygen atoms in total. The molecule has 0 aliphatic rings. The molecule has 4 heteroatoms. The Morgan fingerprint density at radius 2 is 1.89 bits per heavy atom. The van der Waals surface area contributed by atoms with Crippen molar-refractivity contribution in [1.29, 1.82) is 0 Å². The number of hydrogen-bond acceptors (Lipinski definition) is 4. The van der Waals surface area contributed by atoms with Gasteiger partial charge in [-0.05, 0) is 26.2 Å². The van der Waals surface area contributed by atoms with Gasteiger partial charge in [-0.3, -0.25) is 0 Å². The molecule has 102 valence electrons. The lowest BCUT2D eigenvalue weighted by atomic mass is 9.83. The zero-order chi connectivity index (χ0) is 13.6. The first-order chi connectivity index (χ1) is 8.59. The van der Waals surface area contributed by atoms with Crippen LogP contribution in [0.5, 0.6) is 0 Å². The summed E-state index contributed by atoms with van der Waals surface area (Å²) in [7, 11) is 0. The van der Waals surface area contributed by atoms with Gasteiger partial charge in [-0.25, -0.2) is 9.97 Å². The van der Waals surface area contributed by atoms with Gasteiger partial charge in [0, 0.05) is 23.7 Å². The molecule has 1 rings (SSSR count). The molecular formula is C14H25N3O. The van der Waals surface area contributed by atoms with Gasteiger partial charge in [-0.1, -0.05) is 20.8 Å². The lowest BCUT2D eigenvalue weighted by Gasteiger charge is -2.29. The maximum Gasteiger partial charge on any atom is 0.129 e. The molecular weight excluding hydrogens is 226 g/mol. The molecule has 0 aromatic carbocycles. The van der Waals surface area contributed by atoms with Crippen molar-refractivity contribution in [2.24, 2.45) is 5.41 Å². The van der Waals surface area contributed by atoms with Crippen LogP contribution in [-0.2, 0) is 6.42 Å². The first-order valence-electron chi connectivity index (χ1n) is 6.78. The van der Waals surface area contributed by atoms with Crippen LogP contribution in [0.2, 0.25) is 0 Å². The van der Waals surface area contributed by atoms with E-state index in [0.29, 0.717) is 0 Å². The quantitative estimate of drug-likeness (QED) is 0.782. The summed E-state index contributed by atoms with van der Waals surface area (Å²) in [5.41, 5.74) is 0.998. The second-order valence-electron chi connectivity index (χ2n) is 4.86. The maximum absolute atomic E-state index is 9.54. The zero-order valence-electron chi connectivity index (χ0n) is 12.0. The second-order valence-corrected chi connectivity index (χ2v) is 4.86. The van der Waals surface area contributed by atoms with Crippen LogP contribution in [0.25, 0.3) is 0 Å². The predicted molar refractivity (Wildman–Crippen MR) is 74.7 cm³/mol. The Labute approximate surface area is 110 Å². The highest BCUT2D eigenvalue weighted by Gasteiger charge is 2.25. The van der Waals surface area contributed by atoms with E-state index in [4.69, 9.17) is 0 Å². The molecule has 0 radical (unpaired) electrons. The third kappa shape index (κ3) is 3.67. The first-order valence-corrected chi connectivity index (χ1v) is 6.78. The standard InChI is InChI=1S/C14H25N3O/c1-5-12-8-13(17-11(4)16-12)15-9-14(6-2,7-3)10-18/h8,18H,5-7,9-10H2,1-4H3,(H,15,16,17). The molecule has 0 bridgehead atoms. The molecule has 0 unspecified atom stereocenters.